The van der Waals surface area contributed by atoms with Crippen molar-refractivity contribution in [2.45, 2.75) is 33.6 Å². The zero-order valence-corrected chi connectivity index (χ0v) is 15.2. The summed E-state index contributed by atoms with van der Waals surface area (Å²) in [4.78, 5) is 12.6. The van der Waals surface area contributed by atoms with Gasteiger partial charge in [0.05, 0.1) is 18.9 Å². The Morgan fingerprint density at radius 3 is 2.64 bits per heavy atom. The second-order valence-electron chi connectivity index (χ2n) is 6.38. The van der Waals surface area contributed by atoms with Crippen LogP contribution in [0.5, 0.6) is 11.5 Å². The fourth-order valence-electron chi connectivity index (χ4n) is 2.21. The normalized spacial score (nSPS) is 10.6. The number of unbranched alkanes of at least 4 members (excludes halogenated alkanes) is 1. The molecule has 0 saturated heterocycles. The highest BCUT2D eigenvalue weighted by Gasteiger charge is 2.11. The first-order chi connectivity index (χ1) is 12.1. The van der Waals surface area contributed by atoms with Gasteiger partial charge in [0.15, 0.2) is 0 Å². The molecule has 4 nitrogen and oxygen atoms in total. The van der Waals surface area contributed by atoms with E-state index >= 15 is 0 Å². The van der Waals surface area contributed by atoms with E-state index in [0.717, 1.165) is 12.8 Å². The van der Waals surface area contributed by atoms with Crippen LogP contribution in [-0.4, -0.2) is 19.1 Å². The van der Waals surface area contributed by atoms with Crippen LogP contribution in [0, 0.1) is 5.92 Å². The first kappa shape index (κ1) is 18.8. The average molecular weight is 341 g/mol. The van der Waals surface area contributed by atoms with E-state index in [1.165, 1.54) is 0 Å². The maximum absolute atomic E-state index is 12.6. The highest BCUT2D eigenvalue weighted by atomic mass is 16.5. The Morgan fingerprint density at radius 1 is 1.08 bits per heavy atom. The van der Waals surface area contributed by atoms with Crippen LogP contribution in [0.15, 0.2) is 48.5 Å². The van der Waals surface area contributed by atoms with E-state index in [1.54, 1.807) is 12.1 Å². The molecule has 0 spiro atoms. The molecule has 25 heavy (non-hydrogen) atoms. The fraction of sp³-hybridized carbons (Fsp3) is 0.381. The summed E-state index contributed by atoms with van der Waals surface area (Å²) in [6.07, 6.45) is 2.05. The quantitative estimate of drug-likeness (QED) is 0.641. The lowest BCUT2D eigenvalue weighted by atomic mass is 10.2. The van der Waals surface area contributed by atoms with Gasteiger partial charge in [-0.05, 0) is 42.7 Å². The van der Waals surface area contributed by atoms with Gasteiger partial charge in [0.2, 0.25) is 0 Å². The molecule has 0 heterocycles. The minimum atomic E-state index is -0.179. The molecule has 0 aromatic heterocycles. The number of amides is 1. The number of ether oxygens (including phenoxy) is 2. The smallest absolute Gasteiger partial charge is 0.255 e. The van der Waals surface area contributed by atoms with Crippen molar-refractivity contribution < 1.29 is 14.3 Å². The van der Waals surface area contributed by atoms with Crippen LogP contribution < -0.4 is 14.8 Å². The number of carbonyl (C=O) groups excluding carboxylic acids is 1. The van der Waals surface area contributed by atoms with Crippen molar-refractivity contribution in [1.82, 2.24) is 0 Å². The van der Waals surface area contributed by atoms with Crippen LogP contribution >= 0.6 is 0 Å². The molecule has 4 heteroatoms. The van der Waals surface area contributed by atoms with E-state index in [1.807, 2.05) is 36.4 Å². The zero-order valence-electron chi connectivity index (χ0n) is 15.2. The Bertz CT molecular complexity index is 682. The van der Waals surface area contributed by atoms with Gasteiger partial charge in [-0.1, -0.05) is 45.4 Å². The van der Waals surface area contributed by atoms with Crippen molar-refractivity contribution in [2.75, 3.05) is 18.5 Å². The van der Waals surface area contributed by atoms with Gasteiger partial charge in [-0.3, -0.25) is 4.79 Å². The molecule has 0 fully saturated rings. The molecule has 2 rings (SSSR count). The molecule has 0 radical (unpaired) electrons. The molecule has 0 aliphatic carbocycles. The summed E-state index contributed by atoms with van der Waals surface area (Å²) in [7, 11) is 0. The predicted octanol–water partition coefficient (Wildman–Crippen LogP) is 5.15. The lowest BCUT2D eigenvalue weighted by Crippen LogP contribution is -2.13. The molecule has 0 saturated carbocycles. The van der Waals surface area contributed by atoms with Crippen molar-refractivity contribution >= 4 is 11.6 Å². The molecule has 2 aromatic rings. The Hall–Kier alpha value is -2.49. The lowest BCUT2D eigenvalue weighted by Gasteiger charge is -2.13. The molecule has 1 amide bonds. The molecule has 0 unspecified atom stereocenters. The summed E-state index contributed by atoms with van der Waals surface area (Å²) >= 11 is 0. The van der Waals surface area contributed by atoms with E-state index in [9.17, 15) is 4.79 Å². The predicted molar refractivity (Wildman–Crippen MR) is 102 cm³/mol. The monoisotopic (exact) mass is 341 g/mol. The molecule has 0 aliphatic heterocycles. The third kappa shape index (κ3) is 6.14. The van der Waals surface area contributed by atoms with E-state index in [0.29, 0.717) is 41.9 Å². The molecule has 134 valence electrons. The summed E-state index contributed by atoms with van der Waals surface area (Å²) in [5.74, 6) is 1.65. The van der Waals surface area contributed by atoms with Gasteiger partial charge in [0.25, 0.3) is 5.91 Å². The van der Waals surface area contributed by atoms with Crippen LogP contribution in [0.25, 0.3) is 0 Å². The molecule has 2 aromatic carbocycles. The Kier molecular flexibility index (Phi) is 7.33. The average Bonchev–Trinajstić information content (AvgIpc) is 2.62. The summed E-state index contributed by atoms with van der Waals surface area (Å²) in [5, 5.41) is 2.93. The standard InChI is InChI=1S/C21H27NO3/c1-4-5-13-24-20-12-7-6-11-19(20)22-21(23)17-9-8-10-18(14-17)25-15-16(2)3/h6-12,14,16H,4-5,13,15H2,1-3H3,(H,22,23). The molecule has 1 N–H and O–H groups in total. The highest BCUT2D eigenvalue weighted by molar-refractivity contribution is 6.05. The van der Waals surface area contributed by atoms with Gasteiger partial charge < -0.3 is 14.8 Å². The van der Waals surface area contributed by atoms with Crippen molar-refractivity contribution in [3.05, 3.63) is 54.1 Å². The van der Waals surface area contributed by atoms with Gasteiger partial charge in [-0.15, -0.1) is 0 Å². The minimum absolute atomic E-state index is 0.179. The summed E-state index contributed by atoms with van der Waals surface area (Å²) in [6.45, 7) is 7.56. The second-order valence-corrected chi connectivity index (χ2v) is 6.38. The summed E-state index contributed by atoms with van der Waals surface area (Å²) in [6, 6.07) is 14.7. The topological polar surface area (TPSA) is 47.6 Å². The van der Waals surface area contributed by atoms with E-state index in [-0.39, 0.29) is 5.91 Å². The number of hydrogen-bond donors (Lipinski definition) is 1. The number of para-hydroxylation sites is 2. The van der Waals surface area contributed by atoms with Crippen LogP contribution in [-0.2, 0) is 0 Å². The molecular formula is C21H27NO3. The van der Waals surface area contributed by atoms with Crippen LogP contribution in [0.4, 0.5) is 5.69 Å². The fourth-order valence-corrected chi connectivity index (χ4v) is 2.21. The third-order valence-electron chi connectivity index (χ3n) is 3.57. The largest absolute Gasteiger partial charge is 0.493 e. The van der Waals surface area contributed by atoms with Crippen molar-refractivity contribution in [2.24, 2.45) is 5.92 Å². The first-order valence-electron chi connectivity index (χ1n) is 8.86. The van der Waals surface area contributed by atoms with E-state index in [2.05, 4.69) is 26.1 Å². The van der Waals surface area contributed by atoms with Crippen LogP contribution in [0.3, 0.4) is 0 Å². The number of nitrogens with one attached hydrogen (secondary N) is 1. The molecule has 0 aliphatic rings. The number of hydrogen-bond acceptors (Lipinski definition) is 3. The maximum atomic E-state index is 12.6. The molecule has 0 atom stereocenters. The van der Waals surface area contributed by atoms with E-state index in [4.69, 9.17) is 9.47 Å². The van der Waals surface area contributed by atoms with Gasteiger partial charge >= 0.3 is 0 Å². The van der Waals surface area contributed by atoms with Crippen molar-refractivity contribution in [3.8, 4) is 11.5 Å². The first-order valence-corrected chi connectivity index (χ1v) is 8.86. The Labute approximate surface area is 150 Å². The summed E-state index contributed by atoms with van der Waals surface area (Å²) in [5.41, 5.74) is 1.24. The lowest BCUT2D eigenvalue weighted by molar-refractivity contribution is 0.102. The molecular weight excluding hydrogens is 314 g/mol. The second kappa shape index (κ2) is 9.72. The Balaban J connectivity index is 2.05. The summed E-state index contributed by atoms with van der Waals surface area (Å²) < 4.78 is 11.5. The SMILES string of the molecule is CCCCOc1ccccc1NC(=O)c1cccc(OCC(C)C)c1. The number of anilines is 1. The van der Waals surface area contributed by atoms with Gasteiger partial charge in [-0.25, -0.2) is 0 Å². The third-order valence-corrected chi connectivity index (χ3v) is 3.57. The zero-order chi connectivity index (χ0) is 18.1. The van der Waals surface area contributed by atoms with Crippen LogP contribution in [0.1, 0.15) is 44.0 Å². The number of benzene rings is 2. The number of rotatable bonds is 9. The molecule has 0 bridgehead atoms. The maximum Gasteiger partial charge on any atom is 0.255 e. The van der Waals surface area contributed by atoms with Gasteiger partial charge in [0, 0.05) is 5.56 Å². The van der Waals surface area contributed by atoms with Crippen molar-refractivity contribution in [3.63, 3.8) is 0 Å². The van der Waals surface area contributed by atoms with Gasteiger partial charge in [-0.2, -0.15) is 0 Å². The minimum Gasteiger partial charge on any atom is -0.493 e. The van der Waals surface area contributed by atoms with Crippen LogP contribution in [0.2, 0.25) is 0 Å². The van der Waals surface area contributed by atoms with Gasteiger partial charge in [0.1, 0.15) is 11.5 Å². The number of carbonyl (C=O) groups is 1. The highest BCUT2D eigenvalue weighted by Crippen LogP contribution is 2.25. The Morgan fingerprint density at radius 2 is 1.88 bits per heavy atom. The van der Waals surface area contributed by atoms with E-state index < -0.39 is 0 Å². The van der Waals surface area contributed by atoms with Crippen molar-refractivity contribution in [1.29, 1.82) is 0 Å².